The minimum atomic E-state index is -3.50. The summed E-state index contributed by atoms with van der Waals surface area (Å²) >= 11 is 3.39. The molecule has 2 aromatic rings. The Kier molecular flexibility index (Phi) is 3.97. The monoisotopic (exact) mass is 377 g/mol. The van der Waals surface area contributed by atoms with Crippen molar-refractivity contribution >= 4 is 26.0 Å². The van der Waals surface area contributed by atoms with Crippen LogP contribution in [0, 0.1) is 6.92 Å². The highest BCUT2D eigenvalue weighted by molar-refractivity contribution is 9.10. The van der Waals surface area contributed by atoms with E-state index in [2.05, 4.69) is 22.5 Å². The van der Waals surface area contributed by atoms with Crippen molar-refractivity contribution in [1.29, 1.82) is 0 Å². The van der Waals surface area contributed by atoms with Gasteiger partial charge in [-0.25, -0.2) is 8.42 Å². The highest BCUT2D eigenvalue weighted by atomic mass is 79.9. The molecule has 1 saturated heterocycles. The average molecular weight is 378 g/mol. The number of aryl methyl sites for hydroxylation is 1. The van der Waals surface area contributed by atoms with Gasteiger partial charge in [0, 0.05) is 4.47 Å². The predicted molar refractivity (Wildman–Crippen MR) is 91.1 cm³/mol. The van der Waals surface area contributed by atoms with Crippen LogP contribution >= 0.6 is 15.9 Å². The van der Waals surface area contributed by atoms with Crippen molar-refractivity contribution in [1.82, 2.24) is 4.31 Å². The summed E-state index contributed by atoms with van der Waals surface area (Å²) in [6.45, 7) is 5.71. The zero-order chi connectivity index (χ0) is 15.9. The van der Waals surface area contributed by atoms with Gasteiger partial charge in [-0.2, -0.15) is 4.31 Å². The van der Waals surface area contributed by atoms with Gasteiger partial charge in [0.05, 0.1) is 17.0 Å². The van der Waals surface area contributed by atoms with Gasteiger partial charge in [0.1, 0.15) is 0 Å². The molecule has 3 nitrogen and oxygen atoms in total. The van der Waals surface area contributed by atoms with E-state index in [-0.39, 0.29) is 12.1 Å². The van der Waals surface area contributed by atoms with Crippen LogP contribution in [0.25, 0.3) is 0 Å². The zero-order valence-electron chi connectivity index (χ0n) is 12.1. The lowest BCUT2D eigenvalue weighted by atomic mass is 10.1. The molecule has 0 amide bonds. The van der Waals surface area contributed by atoms with Gasteiger partial charge in [-0.15, -0.1) is 6.58 Å². The molecule has 3 rings (SSSR count). The molecule has 22 heavy (non-hydrogen) atoms. The highest BCUT2D eigenvalue weighted by Crippen LogP contribution is 2.48. The summed E-state index contributed by atoms with van der Waals surface area (Å²) in [5.74, 6) is 0. The fraction of sp³-hybridized carbons (Fsp3) is 0.176. The first-order chi connectivity index (χ1) is 10.4. The molecule has 0 bridgehead atoms. The second-order valence-corrected chi connectivity index (χ2v) is 8.13. The molecular weight excluding hydrogens is 362 g/mol. The Balaban J connectivity index is 1.95. The van der Waals surface area contributed by atoms with Crippen molar-refractivity contribution in [3.63, 3.8) is 0 Å². The van der Waals surface area contributed by atoms with E-state index in [0.717, 1.165) is 15.6 Å². The molecule has 0 aliphatic carbocycles. The molecule has 1 fully saturated rings. The minimum Gasteiger partial charge on any atom is -0.207 e. The van der Waals surface area contributed by atoms with Crippen molar-refractivity contribution in [2.45, 2.75) is 23.9 Å². The van der Waals surface area contributed by atoms with Crippen LogP contribution in [0.15, 0.2) is 70.6 Å². The molecular formula is C17H16BrNO2S. The van der Waals surface area contributed by atoms with E-state index >= 15 is 0 Å². The molecule has 2 aromatic carbocycles. The molecule has 5 heteroatoms. The molecule has 1 aliphatic heterocycles. The van der Waals surface area contributed by atoms with E-state index < -0.39 is 10.0 Å². The Morgan fingerprint density at radius 3 is 2.23 bits per heavy atom. The number of hydrogen-bond donors (Lipinski definition) is 0. The third-order valence-electron chi connectivity index (χ3n) is 3.85. The van der Waals surface area contributed by atoms with Crippen LogP contribution in [0.3, 0.4) is 0 Å². The van der Waals surface area contributed by atoms with E-state index in [4.69, 9.17) is 0 Å². The summed E-state index contributed by atoms with van der Waals surface area (Å²) in [5.41, 5.74) is 2.01. The van der Waals surface area contributed by atoms with Crippen LogP contribution in [0.5, 0.6) is 0 Å². The van der Waals surface area contributed by atoms with Crippen LogP contribution in [0.2, 0.25) is 0 Å². The van der Waals surface area contributed by atoms with E-state index in [9.17, 15) is 8.42 Å². The predicted octanol–water partition coefficient (Wildman–Crippen LogP) is 4.06. The first-order valence-electron chi connectivity index (χ1n) is 6.93. The van der Waals surface area contributed by atoms with Gasteiger partial charge in [-0.1, -0.05) is 51.8 Å². The molecule has 0 radical (unpaired) electrons. The molecule has 1 aliphatic rings. The van der Waals surface area contributed by atoms with Crippen molar-refractivity contribution in [3.05, 3.63) is 76.8 Å². The molecule has 0 spiro atoms. The molecule has 3 unspecified atom stereocenters. The smallest absolute Gasteiger partial charge is 0.207 e. The van der Waals surface area contributed by atoms with Crippen LogP contribution in [-0.4, -0.2) is 18.8 Å². The van der Waals surface area contributed by atoms with Crippen LogP contribution in [-0.2, 0) is 10.0 Å². The lowest BCUT2D eigenvalue weighted by molar-refractivity contribution is 0.550. The fourth-order valence-electron chi connectivity index (χ4n) is 2.61. The maximum Gasteiger partial charge on any atom is 0.244 e. The lowest BCUT2D eigenvalue weighted by Gasteiger charge is -2.07. The van der Waals surface area contributed by atoms with Gasteiger partial charge in [0.15, 0.2) is 0 Å². The number of hydrogen-bond acceptors (Lipinski definition) is 2. The third kappa shape index (κ3) is 2.64. The third-order valence-corrected chi connectivity index (χ3v) is 6.27. The largest absolute Gasteiger partial charge is 0.244 e. The standard InChI is InChI=1S/C17H16BrNO2S/c1-3-16-17(13-6-8-14(18)9-7-13)19(16)22(20,21)15-10-4-12(2)5-11-15/h3-11,16-17H,1H2,2H3. The van der Waals surface area contributed by atoms with Gasteiger partial charge >= 0.3 is 0 Å². The quantitative estimate of drug-likeness (QED) is 0.595. The first kappa shape index (κ1) is 15.5. The molecule has 0 aromatic heterocycles. The zero-order valence-corrected chi connectivity index (χ0v) is 14.5. The van der Waals surface area contributed by atoms with Gasteiger partial charge in [-0.3, -0.25) is 0 Å². The van der Waals surface area contributed by atoms with Gasteiger partial charge in [-0.05, 0) is 36.8 Å². The van der Waals surface area contributed by atoms with Gasteiger partial charge in [0.2, 0.25) is 10.0 Å². The van der Waals surface area contributed by atoms with E-state index in [1.807, 2.05) is 43.3 Å². The molecule has 3 atom stereocenters. The number of halogens is 1. The van der Waals surface area contributed by atoms with Crippen LogP contribution < -0.4 is 0 Å². The maximum atomic E-state index is 12.8. The Morgan fingerprint density at radius 2 is 1.68 bits per heavy atom. The summed E-state index contributed by atoms with van der Waals surface area (Å²) in [4.78, 5) is 0.324. The number of rotatable bonds is 4. The Labute approximate surface area is 139 Å². The van der Waals surface area contributed by atoms with Crippen molar-refractivity contribution in [2.75, 3.05) is 0 Å². The summed E-state index contributed by atoms with van der Waals surface area (Å²) in [6.07, 6.45) is 1.69. The van der Waals surface area contributed by atoms with Crippen molar-refractivity contribution in [3.8, 4) is 0 Å². The van der Waals surface area contributed by atoms with Crippen LogP contribution in [0.4, 0.5) is 0 Å². The van der Waals surface area contributed by atoms with E-state index in [1.165, 1.54) is 4.31 Å². The first-order valence-corrected chi connectivity index (χ1v) is 9.16. The summed E-state index contributed by atoms with van der Waals surface area (Å²) in [7, 11) is -3.50. The van der Waals surface area contributed by atoms with Crippen molar-refractivity contribution in [2.24, 2.45) is 0 Å². The van der Waals surface area contributed by atoms with Gasteiger partial charge in [0.25, 0.3) is 0 Å². The topological polar surface area (TPSA) is 37.1 Å². The Morgan fingerprint density at radius 1 is 1.09 bits per heavy atom. The summed E-state index contributed by atoms with van der Waals surface area (Å²) in [5, 5.41) is 0. The highest BCUT2D eigenvalue weighted by Gasteiger charge is 2.54. The number of sulfonamides is 1. The summed E-state index contributed by atoms with van der Waals surface area (Å²) < 4.78 is 28.1. The molecule has 1 heterocycles. The molecule has 0 N–H and O–H groups in total. The van der Waals surface area contributed by atoms with E-state index in [1.54, 1.807) is 18.2 Å². The second kappa shape index (κ2) is 5.65. The van der Waals surface area contributed by atoms with Gasteiger partial charge < -0.3 is 0 Å². The number of benzene rings is 2. The average Bonchev–Trinajstić information content (AvgIpc) is 3.24. The summed E-state index contributed by atoms with van der Waals surface area (Å²) in [6, 6.07) is 14.3. The second-order valence-electron chi connectivity index (χ2n) is 5.37. The fourth-order valence-corrected chi connectivity index (χ4v) is 4.61. The minimum absolute atomic E-state index is 0.170. The Hall–Kier alpha value is -1.43. The van der Waals surface area contributed by atoms with Crippen LogP contribution in [0.1, 0.15) is 17.2 Å². The lowest BCUT2D eigenvalue weighted by Crippen LogP contribution is -2.14. The molecule has 114 valence electrons. The normalized spacial score (nSPS) is 24.0. The van der Waals surface area contributed by atoms with E-state index in [0.29, 0.717) is 4.90 Å². The van der Waals surface area contributed by atoms with Crippen molar-refractivity contribution < 1.29 is 8.42 Å². The number of nitrogens with zero attached hydrogens (tertiary/aromatic N) is 1. The SMILES string of the molecule is C=CC1C(c2ccc(Br)cc2)N1S(=O)(=O)c1ccc(C)cc1. The maximum absolute atomic E-state index is 12.8. The molecule has 0 saturated carbocycles. The Bertz CT molecular complexity index is 798.